The molecule has 0 saturated heterocycles. The van der Waals surface area contributed by atoms with Gasteiger partial charge in [-0.15, -0.1) is 11.8 Å². The largest absolute Gasteiger partial charge is 0.272 e. The molecule has 0 unspecified atom stereocenters. The zero-order valence-electron chi connectivity index (χ0n) is 12.9. The molecule has 1 aromatic rings. The van der Waals surface area contributed by atoms with Crippen molar-refractivity contribution in [2.75, 3.05) is 0 Å². The maximum atomic E-state index is 12.1. The number of aryl methyl sites for hydroxylation is 1. The number of amides is 1. The smallest absolute Gasteiger partial charge is 0.253 e. The van der Waals surface area contributed by atoms with Crippen LogP contribution in [0, 0.1) is 6.92 Å². The molecule has 0 heterocycles. The van der Waals surface area contributed by atoms with Crippen molar-refractivity contribution in [3.05, 3.63) is 29.8 Å². The van der Waals surface area contributed by atoms with Crippen molar-refractivity contribution < 1.29 is 4.79 Å². The molecule has 1 fully saturated rings. The number of nitrogens with zero attached hydrogens (tertiary/aromatic N) is 1. The first-order valence-corrected chi connectivity index (χ1v) is 8.62. The van der Waals surface area contributed by atoms with E-state index in [1.54, 1.807) is 11.8 Å². The maximum Gasteiger partial charge on any atom is 0.253 e. The molecule has 1 atom stereocenters. The van der Waals surface area contributed by atoms with Gasteiger partial charge in [0, 0.05) is 10.6 Å². The lowest BCUT2D eigenvalue weighted by atomic mass is 10.2. The summed E-state index contributed by atoms with van der Waals surface area (Å²) in [4.78, 5) is 13.2. The van der Waals surface area contributed by atoms with Crippen LogP contribution in [0.25, 0.3) is 0 Å². The van der Waals surface area contributed by atoms with Gasteiger partial charge in [0.2, 0.25) is 0 Å². The average molecular weight is 304 g/mol. The monoisotopic (exact) mass is 304 g/mol. The molecule has 4 heteroatoms. The molecule has 2 rings (SSSR count). The van der Waals surface area contributed by atoms with Crippen LogP contribution in [0.2, 0.25) is 0 Å². The SMILES string of the molecule is Cc1ccc(S[C@H](C)C(=O)NN=C2CCCCCC2)cc1. The van der Waals surface area contributed by atoms with Crippen LogP contribution in [-0.4, -0.2) is 16.9 Å². The van der Waals surface area contributed by atoms with Crippen molar-refractivity contribution in [2.24, 2.45) is 5.10 Å². The third-order valence-electron chi connectivity index (χ3n) is 3.71. The summed E-state index contributed by atoms with van der Waals surface area (Å²) in [6.45, 7) is 3.99. The van der Waals surface area contributed by atoms with Gasteiger partial charge in [-0.2, -0.15) is 5.10 Å². The lowest BCUT2D eigenvalue weighted by Crippen LogP contribution is -2.27. The molecule has 0 radical (unpaired) electrons. The van der Waals surface area contributed by atoms with Gasteiger partial charge in [0.25, 0.3) is 5.91 Å². The van der Waals surface area contributed by atoms with E-state index in [0.29, 0.717) is 0 Å². The van der Waals surface area contributed by atoms with Crippen molar-refractivity contribution >= 4 is 23.4 Å². The Hall–Kier alpha value is -1.29. The van der Waals surface area contributed by atoms with Crippen molar-refractivity contribution in [2.45, 2.75) is 62.5 Å². The molecule has 0 aromatic heterocycles. The molecule has 1 aliphatic carbocycles. The minimum absolute atomic E-state index is 0.0164. The highest BCUT2D eigenvalue weighted by Gasteiger charge is 2.14. The number of nitrogens with one attached hydrogen (secondary N) is 1. The second-order valence-electron chi connectivity index (χ2n) is 5.64. The summed E-state index contributed by atoms with van der Waals surface area (Å²) < 4.78 is 0. The van der Waals surface area contributed by atoms with Crippen molar-refractivity contribution in [3.8, 4) is 0 Å². The van der Waals surface area contributed by atoms with Crippen LogP contribution in [0.15, 0.2) is 34.3 Å². The van der Waals surface area contributed by atoms with Gasteiger partial charge in [-0.25, -0.2) is 5.43 Å². The van der Waals surface area contributed by atoms with Crippen molar-refractivity contribution in [3.63, 3.8) is 0 Å². The Labute approximate surface area is 131 Å². The Bertz CT molecular complexity index is 486. The minimum Gasteiger partial charge on any atom is -0.272 e. The number of hydrazone groups is 1. The van der Waals surface area contributed by atoms with Gasteiger partial charge in [-0.05, 0) is 51.7 Å². The van der Waals surface area contributed by atoms with Crippen LogP contribution >= 0.6 is 11.8 Å². The van der Waals surface area contributed by atoms with Crippen molar-refractivity contribution in [1.29, 1.82) is 0 Å². The number of benzene rings is 1. The van der Waals surface area contributed by atoms with Crippen LogP contribution in [0.5, 0.6) is 0 Å². The van der Waals surface area contributed by atoms with E-state index in [1.165, 1.54) is 31.2 Å². The second-order valence-corrected chi connectivity index (χ2v) is 7.06. The van der Waals surface area contributed by atoms with Crippen LogP contribution < -0.4 is 5.43 Å². The molecule has 1 amide bonds. The molecule has 1 saturated carbocycles. The van der Waals surface area contributed by atoms with Crippen LogP contribution in [0.3, 0.4) is 0 Å². The standard InChI is InChI=1S/C17H24N2OS/c1-13-9-11-16(12-10-13)21-14(2)17(20)19-18-15-7-5-3-4-6-8-15/h9-12,14H,3-8H2,1-2H3,(H,19,20)/t14-/m1/s1. The summed E-state index contributed by atoms with van der Waals surface area (Å²) in [5.41, 5.74) is 5.12. The van der Waals surface area contributed by atoms with Crippen LogP contribution in [0.4, 0.5) is 0 Å². The number of rotatable bonds is 4. The predicted octanol–water partition coefficient (Wildman–Crippen LogP) is 4.30. The highest BCUT2D eigenvalue weighted by Crippen LogP contribution is 2.23. The van der Waals surface area contributed by atoms with Crippen LogP contribution in [0.1, 0.15) is 51.0 Å². The normalized spacial score (nSPS) is 17.0. The van der Waals surface area contributed by atoms with Gasteiger partial charge in [-0.3, -0.25) is 4.79 Å². The van der Waals surface area contributed by atoms with Gasteiger partial charge in [0.05, 0.1) is 5.25 Å². The summed E-state index contributed by atoms with van der Waals surface area (Å²) in [5.74, 6) is -0.0164. The summed E-state index contributed by atoms with van der Waals surface area (Å²) in [6.07, 6.45) is 7.02. The van der Waals surface area contributed by atoms with E-state index in [1.807, 2.05) is 6.92 Å². The molecule has 0 bridgehead atoms. The third-order valence-corrected chi connectivity index (χ3v) is 4.82. The van der Waals surface area contributed by atoms with E-state index in [2.05, 4.69) is 41.7 Å². The molecule has 1 aromatic carbocycles. The van der Waals surface area contributed by atoms with Crippen LogP contribution in [-0.2, 0) is 4.79 Å². The van der Waals surface area contributed by atoms with E-state index in [-0.39, 0.29) is 11.2 Å². The first-order valence-electron chi connectivity index (χ1n) is 7.74. The first kappa shape index (κ1) is 16.1. The van der Waals surface area contributed by atoms with Gasteiger partial charge in [0.15, 0.2) is 0 Å². The topological polar surface area (TPSA) is 41.5 Å². The highest BCUT2D eigenvalue weighted by atomic mass is 32.2. The number of carbonyl (C=O) groups excluding carboxylic acids is 1. The maximum absolute atomic E-state index is 12.1. The number of carbonyl (C=O) groups is 1. The fraction of sp³-hybridized carbons (Fsp3) is 0.529. The summed E-state index contributed by atoms with van der Waals surface area (Å²) in [5, 5.41) is 4.19. The Morgan fingerprint density at radius 1 is 1.14 bits per heavy atom. The molecule has 0 spiro atoms. The second kappa shape index (κ2) is 8.23. The Balaban J connectivity index is 1.84. The first-order chi connectivity index (χ1) is 10.1. The average Bonchev–Trinajstić information content (AvgIpc) is 2.75. The van der Waals surface area contributed by atoms with Crippen molar-refractivity contribution in [1.82, 2.24) is 5.43 Å². The number of hydrogen-bond donors (Lipinski definition) is 1. The van der Waals surface area contributed by atoms with E-state index in [0.717, 1.165) is 23.4 Å². The summed E-state index contributed by atoms with van der Waals surface area (Å²) in [6, 6.07) is 8.25. The van der Waals surface area contributed by atoms with E-state index < -0.39 is 0 Å². The van der Waals surface area contributed by atoms with E-state index >= 15 is 0 Å². The molecular weight excluding hydrogens is 280 g/mol. The number of thioether (sulfide) groups is 1. The summed E-state index contributed by atoms with van der Waals surface area (Å²) >= 11 is 1.57. The lowest BCUT2D eigenvalue weighted by Gasteiger charge is -2.10. The zero-order valence-corrected chi connectivity index (χ0v) is 13.7. The van der Waals surface area contributed by atoms with E-state index in [4.69, 9.17) is 0 Å². The van der Waals surface area contributed by atoms with E-state index in [9.17, 15) is 4.79 Å². The lowest BCUT2D eigenvalue weighted by molar-refractivity contribution is -0.120. The Morgan fingerprint density at radius 3 is 2.38 bits per heavy atom. The third kappa shape index (κ3) is 5.54. The highest BCUT2D eigenvalue weighted by molar-refractivity contribution is 8.00. The minimum atomic E-state index is -0.136. The fourth-order valence-electron chi connectivity index (χ4n) is 2.35. The van der Waals surface area contributed by atoms with Gasteiger partial charge < -0.3 is 0 Å². The fourth-order valence-corrected chi connectivity index (χ4v) is 3.21. The molecule has 114 valence electrons. The molecule has 0 aliphatic heterocycles. The molecule has 1 aliphatic rings. The Kier molecular flexibility index (Phi) is 6.30. The Morgan fingerprint density at radius 2 is 1.76 bits per heavy atom. The number of hydrogen-bond acceptors (Lipinski definition) is 3. The molecule has 21 heavy (non-hydrogen) atoms. The molecule has 1 N–H and O–H groups in total. The quantitative estimate of drug-likeness (QED) is 0.512. The van der Waals surface area contributed by atoms with Gasteiger partial charge >= 0.3 is 0 Å². The zero-order chi connectivity index (χ0) is 15.1. The molecular formula is C17H24N2OS. The van der Waals surface area contributed by atoms with Gasteiger partial charge in [0.1, 0.15) is 0 Å². The molecule has 3 nitrogen and oxygen atoms in total. The summed E-state index contributed by atoms with van der Waals surface area (Å²) in [7, 11) is 0. The predicted molar refractivity (Wildman–Crippen MR) is 89.8 cm³/mol. The van der Waals surface area contributed by atoms with Gasteiger partial charge in [-0.1, -0.05) is 30.5 Å².